The van der Waals surface area contributed by atoms with Crippen molar-refractivity contribution < 1.29 is 9.15 Å². The zero-order valence-electron chi connectivity index (χ0n) is 11.1. The highest BCUT2D eigenvalue weighted by Crippen LogP contribution is 2.13. The van der Waals surface area contributed by atoms with Crippen molar-refractivity contribution in [1.29, 1.82) is 0 Å². The quantitative estimate of drug-likeness (QED) is 0.755. The van der Waals surface area contributed by atoms with Gasteiger partial charge < -0.3 is 14.9 Å². The Labute approximate surface area is 104 Å². The lowest BCUT2D eigenvalue weighted by Gasteiger charge is -2.27. The standard InChI is InChI=1S/C13H24N2O2/c1-4-11(2)15(7-8-16-3)10-13-6-5-12(9-14)17-13/h5-6,11H,4,7-10,14H2,1-3H3. The van der Waals surface area contributed by atoms with E-state index in [2.05, 4.69) is 18.7 Å². The Balaban J connectivity index is 2.57. The molecule has 1 unspecified atom stereocenters. The minimum atomic E-state index is 0.460. The summed E-state index contributed by atoms with van der Waals surface area (Å²) >= 11 is 0. The van der Waals surface area contributed by atoms with Crippen molar-refractivity contribution in [3.05, 3.63) is 23.7 Å². The number of nitrogens with two attached hydrogens (primary N) is 1. The molecular weight excluding hydrogens is 216 g/mol. The third kappa shape index (κ3) is 4.50. The topological polar surface area (TPSA) is 51.6 Å². The van der Waals surface area contributed by atoms with Gasteiger partial charge in [-0.25, -0.2) is 0 Å². The van der Waals surface area contributed by atoms with E-state index in [1.54, 1.807) is 7.11 Å². The molecule has 1 rings (SSSR count). The molecule has 0 aliphatic rings. The van der Waals surface area contributed by atoms with Crippen LogP contribution in [0.25, 0.3) is 0 Å². The van der Waals surface area contributed by atoms with Crippen molar-refractivity contribution in [2.45, 2.75) is 39.4 Å². The smallest absolute Gasteiger partial charge is 0.118 e. The van der Waals surface area contributed by atoms with E-state index in [9.17, 15) is 0 Å². The number of rotatable bonds is 8. The van der Waals surface area contributed by atoms with Crippen LogP contribution >= 0.6 is 0 Å². The molecule has 2 N–H and O–H groups in total. The molecule has 0 amide bonds. The summed E-state index contributed by atoms with van der Waals surface area (Å²) in [6, 6.07) is 4.47. The van der Waals surface area contributed by atoms with E-state index in [0.29, 0.717) is 12.6 Å². The average Bonchev–Trinajstić information content (AvgIpc) is 2.81. The first kappa shape index (κ1) is 14.2. The molecule has 0 spiro atoms. The predicted molar refractivity (Wildman–Crippen MR) is 68.6 cm³/mol. The summed E-state index contributed by atoms with van der Waals surface area (Å²) in [4.78, 5) is 2.36. The van der Waals surface area contributed by atoms with Gasteiger partial charge in [0.05, 0.1) is 19.7 Å². The number of furan rings is 1. The molecule has 1 aromatic heterocycles. The molecule has 0 saturated carbocycles. The number of hydrogen-bond acceptors (Lipinski definition) is 4. The zero-order chi connectivity index (χ0) is 12.7. The maximum atomic E-state index is 5.63. The molecule has 0 aliphatic carbocycles. The monoisotopic (exact) mass is 240 g/mol. The van der Waals surface area contributed by atoms with Crippen molar-refractivity contribution >= 4 is 0 Å². The van der Waals surface area contributed by atoms with Crippen LogP contribution in [0.3, 0.4) is 0 Å². The van der Waals surface area contributed by atoms with Gasteiger partial charge in [0.2, 0.25) is 0 Å². The predicted octanol–water partition coefficient (Wildman–Crippen LogP) is 1.99. The molecule has 0 aromatic carbocycles. The molecule has 98 valence electrons. The van der Waals surface area contributed by atoms with E-state index in [1.807, 2.05) is 12.1 Å². The largest absolute Gasteiger partial charge is 0.463 e. The molecule has 0 radical (unpaired) electrons. The molecule has 0 aliphatic heterocycles. The van der Waals surface area contributed by atoms with Gasteiger partial charge >= 0.3 is 0 Å². The van der Waals surface area contributed by atoms with E-state index in [4.69, 9.17) is 14.9 Å². The van der Waals surface area contributed by atoms with Gasteiger partial charge in [0.15, 0.2) is 0 Å². The van der Waals surface area contributed by atoms with E-state index < -0.39 is 0 Å². The van der Waals surface area contributed by atoms with Crippen LogP contribution < -0.4 is 5.73 Å². The lowest BCUT2D eigenvalue weighted by atomic mass is 10.2. The maximum Gasteiger partial charge on any atom is 0.118 e. The van der Waals surface area contributed by atoms with Gasteiger partial charge in [0, 0.05) is 19.7 Å². The summed E-state index contributed by atoms with van der Waals surface area (Å²) in [6.07, 6.45) is 1.12. The Hall–Kier alpha value is -0.840. The normalized spacial score (nSPS) is 13.2. The summed E-state index contributed by atoms with van der Waals surface area (Å²) < 4.78 is 10.8. The second kappa shape index (κ2) is 7.48. The van der Waals surface area contributed by atoms with Crippen LogP contribution in [0.4, 0.5) is 0 Å². The molecule has 1 aromatic rings. The summed E-state index contributed by atoms with van der Waals surface area (Å²) in [5.74, 6) is 1.82. The Morgan fingerprint density at radius 3 is 2.65 bits per heavy atom. The van der Waals surface area contributed by atoms with Crippen molar-refractivity contribution in [3.8, 4) is 0 Å². The number of hydrogen-bond donors (Lipinski definition) is 1. The van der Waals surface area contributed by atoms with Gasteiger partial charge in [-0.1, -0.05) is 6.92 Å². The van der Waals surface area contributed by atoms with Gasteiger partial charge in [-0.15, -0.1) is 0 Å². The molecule has 0 bridgehead atoms. The third-order valence-corrected chi connectivity index (χ3v) is 3.07. The molecule has 0 fully saturated rings. The summed E-state index contributed by atoms with van der Waals surface area (Å²) in [6.45, 7) is 7.36. The average molecular weight is 240 g/mol. The summed E-state index contributed by atoms with van der Waals surface area (Å²) in [5, 5.41) is 0. The Bertz CT molecular complexity index is 312. The van der Waals surface area contributed by atoms with E-state index >= 15 is 0 Å². The second-order valence-corrected chi connectivity index (χ2v) is 4.29. The first-order chi connectivity index (χ1) is 8.21. The fourth-order valence-corrected chi connectivity index (χ4v) is 1.74. The Kier molecular flexibility index (Phi) is 6.26. The van der Waals surface area contributed by atoms with Gasteiger partial charge in [-0.2, -0.15) is 0 Å². The molecule has 0 saturated heterocycles. The molecule has 1 heterocycles. The van der Waals surface area contributed by atoms with Crippen LogP contribution in [0.15, 0.2) is 16.5 Å². The minimum Gasteiger partial charge on any atom is -0.463 e. The lowest BCUT2D eigenvalue weighted by Crippen LogP contribution is -2.34. The van der Waals surface area contributed by atoms with Crippen LogP contribution in [0.5, 0.6) is 0 Å². The van der Waals surface area contributed by atoms with Gasteiger partial charge in [0.1, 0.15) is 11.5 Å². The molecular formula is C13H24N2O2. The first-order valence-electron chi connectivity index (χ1n) is 6.21. The van der Waals surface area contributed by atoms with Crippen molar-refractivity contribution in [1.82, 2.24) is 4.90 Å². The summed E-state index contributed by atoms with van der Waals surface area (Å²) in [5.41, 5.74) is 5.53. The minimum absolute atomic E-state index is 0.460. The molecule has 4 nitrogen and oxygen atoms in total. The zero-order valence-corrected chi connectivity index (χ0v) is 11.1. The third-order valence-electron chi connectivity index (χ3n) is 3.07. The number of ether oxygens (including phenoxy) is 1. The lowest BCUT2D eigenvalue weighted by molar-refractivity contribution is 0.112. The molecule has 1 atom stereocenters. The first-order valence-corrected chi connectivity index (χ1v) is 6.21. The maximum absolute atomic E-state index is 5.63. The van der Waals surface area contributed by atoms with Crippen LogP contribution in [-0.4, -0.2) is 31.2 Å². The van der Waals surface area contributed by atoms with Crippen molar-refractivity contribution in [3.63, 3.8) is 0 Å². The van der Waals surface area contributed by atoms with E-state index in [1.165, 1.54) is 0 Å². The molecule has 17 heavy (non-hydrogen) atoms. The SMILES string of the molecule is CCC(C)N(CCOC)Cc1ccc(CN)o1. The Morgan fingerprint density at radius 2 is 2.12 bits per heavy atom. The van der Waals surface area contributed by atoms with E-state index in [-0.39, 0.29) is 0 Å². The van der Waals surface area contributed by atoms with Gasteiger partial charge in [0.25, 0.3) is 0 Å². The van der Waals surface area contributed by atoms with Crippen molar-refractivity contribution in [2.24, 2.45) is 5.73 Å². The van der Waals surface area contributed by atoms with Crippen LogP contribution in [0.2, 0.25) is 0 Å². The highest BCUT2D eigenvalue weighted by Gasteiger charge is 2.14. The van der Waals surface area contributed by atoms with Gasteiger partial charge in [-0.05, 0) is 25.5 Å². The van der Waals surface area contributed by atoms with Crippen LogP contribution in [-0.2, 0) is 17.8 Å². The molecule has 4 heteroatoms. The number of methoxy groups -OCH3 is 1. The van der Waals surface area contributed by atoms with Crippen LogP contribution in [0, 0.1) is 0 Å². The highest BCUT2D eigenvalue weighted by atomic mass is 16.5. The Morgan fingerprint density at radius 1 is 1.41 bits per heavy atom. The summed E-state index contributed by atoms with van der Waals surface area (Å²) in [7, 11) is 1.73. The fourth-order valence-electron chi connectivity index (χ4n) is 1.74. The van der Waals surface area contributed by atoms with Crippen LogP contribution in [0.1, 0.15) is 31.8 Å². The van der Waals surface area contributed by atoms with Crippen molar-refractivity contribution in [2.75, 3.05) is 20.3 Å². The second-order valence-electron chi connectivity index (χ2n) is 4.29. The van der Waals surface area contributed by atoms with Gasteiger partial charge in [-0.3, -0.25) is 4.90 Å². The van der Waals surface area contributed by atoms with E-state index in [0.717, 1.165) is 37.6 Å². The highest BCUT2D eigenvalue weighted by molar-refractivity contribution is 5.06. The number of nitrogens with zero attached hydrogens (tertiary/aromatic N) is 1. The fraction of sp³-hybridized carbons (Fsp3) is 0.692.